The van der Waals surface area contributed by atoms with E-state index >= 15 is 0 Å². The molecule has 0 aromatic heterocycles. The van der Waals surface area contributed by atoms with Gasteiger partial charge in [0.25, 0.3) is 0 Å². The van der Waals surface area contributed by atoms with Gasteiger partial charge < -0.3 is 10.2 Å². The maximum Gasteiger partial charge on any atom is 0.229 e. The standard InChI is InChI=1S/C14H19ClN2O.ClH/c1-14(7-8-16-10-14)13(18)17(2)9-11-5-3-4-6-12(11)15;/h3-6,16H,7-10H2,1-2H3;1H. The Morgan fingerprint density at radius 2 is 2.16 bits per heavy atom. The lowest BCUT2D eigenvalue weighted by molar-refractivity contribution is -0.139. The third-order valence-corrected chi connectivity index (χ3v) is 3.97. The van der Waals surface area contributed by atoms with Gasteiger partial charge in [-0.15, -0.1) is 12.4 Å². The molecule has 0 radical (unpaired) electrons. The summed E-state index contributed by atoms with van der Waals surface area (Å²) in [7, 11) is 1.84. The van der Waals surface area contributed by atoms with Crippen LogP contribution in [0.15, 0.2) is 24.3 Å². The smallest absolute Gasteiger partial charge is 0.229 e. The molecule has 1 saturated heterocycles. The number of amides is 1. The molecular formula is C14H20Cl2N2O. The van der Waals surface area contributed by atoms with Gasteiger partial charge in [-0.05, 0) is 31.5 Å². The molecule has 1 heterocycles. The summed E-state index contributed by atoms with van der Waals surface area (Å²) in [5.41, 5.74) is 0.722. The second-order valence-electron chi connectivity index (χ2n) is 5.24. The first-order chi connectivity index (χ1) is 8.53. The van der Waals surface area contributed by atoms with Crippen LogP contribution in [0.1, 0.15) is 18.9 Å². The molecule has 1 unspecified atom stereocenters. The lowest BCUT2D eigenvalue weighted by Crippen LogP contribution is -2.41. The quantitative estimate of drug-likeness (QED) is 0.931. The highest BCUT2D eigenvalue weighted by Gasteiger charge is 2.38. The van der Waals surface area contributed by atoms with Gasteiger partial charge in [0.2, 0.25) is 5.91 Å². The van der Waals surface area contributed by atoms with E-state index in [0.29, 0.717) is 11.6 Å². The minimum atomic E-state index is -0.268. The van der Waals surface area contributed by atoms with E-state index in [-0.39, 0.29) is 23.7 Å². The van der Waals surface area contributed by atoms with E-state index in [0.717, 1.165) is 25.1 Å². The fraction of sp³-hybridized carbons (Fsp3) is 0.500. The van der Waals surface area contributed by atoms with Gasteiger partial charge in [-0.3, -0.25) is 4.79 Å². The van der Waals surface area contributed by atoms with E-state index in [1.807, 2.05) is 38.2 Å². The van der Waals surface area contributed by atoms with Gasteiger partial charge in [0, 0.05) is 25.2 Å². The van der Waals surface area contributed by atoms with Crippen LogP contribution in [0.2, 0.25) is 5.02 Å². The van der Waals surface area contributed by atoms with E-state index in [2.05, 4.69) is 5.32 Å². The van der Waals surface area contributed by atoms with Gasteiger partial charge in [0.15, 0.2) is 0 Å². The monoisotopic (exact) mass is 302 g/mol. The van der Waals surface area contributed by atoms with Gasteiger partial charge >= 0.3 is 0 Å². The van der Waals surface area contributed by atoms with Crippen molar-refractivity contribution in [1.82, 2.24) is 10.2 Å². The zero-order valence-corrected chi connectivity index (χ0v) is 12.9. The Balaban J connectivity index is 0.00000180. The molecule has 5 heteroatoms. The number of rotatable bonds is 3. The van der Waals surface area contributed by atoms with Gasteiger partial charge in [0.05, 0.1) is 5.41 Å². The van der Waals surface area contributed by atoms with Crippen molar-refractivity contribution in [3.05, 3.63) is 34.9 Å². The fourth-order valence-corrected chi connectivity index (χ4v) is 2.61. The Morgan fingerprint density at radius 3 is 2.74 bits per heavy atom. The second-order valence-corrected chi connectivity index (χ2v) is 5.65. The molecule has 19 heavy (non-hydrogen) atoms. The van der Waals surface area contributed by atoms with E-state index in [4.69, 9.17) is 11.6 Å². The van der Waals surface area contributed by atoms with Crippen LogP contribution in [-0.4, -0.2) is 30.9 Å². The predicted molar refractivity (Wildman–Crippen MR) is 80.8 cm³/mol. The average molecular weight is 303 g/mol. The molecule has 0 spiro atoms. The Bertz CT molecular complexity index is 445. The summed E-state index contributed by atoms with van der Waals surface area (Å²) < 4.78 is 0. The lowest BCUT2D eigenvalue weighted by atomic mass is 9.88. The molecule has 1 amide bonds. The van der Waals surface area contributed by atoms with Crippen molar-refractivity contribution < 1.29 is 4.79 Å². The van der Waals surface area contributed by atoms with Crippen LogP contribution in [-0.2, 0) is 11.3 Å². The van der Waals surface area contributed by atoms with Crippen LogP contribution in [0.5, 0.6) is 0 Å². The zero-order chi connectivity index (χ0) is 13.2. The van der Waals surface area contributed by atoms with E-state index in [9.17, 15) is 4.79 Å². The van der Waals surface area contributed by atoms with E-state index in [1.54, 1.807) is 4.90 Å². The molecule has 0 aliphatic carbocycles. The lowest BCUT2D eigenvalue weighted by Gasteiger charge is -2.28. The molecular weight excluding hydrogens is 283 g/mol. The number of benzene rings is 1. The first kappa shape index (κ1) is 16.3. The van der Waals surface area contributed by atoms with Crippen LogP contribution in [0.4, 0.5) is 0 Å². The molecule has 1 atom stereocenters. The Morgan fingerprint density at radius 1 is 1.47 bits per heavy atom. The van der Waals surface area contributed by atoms with Crippen molar-refractivity contribution in [2.24, 2.45) is 5.41 Å². The summed E-state index contributed by atoms with van der Waals surface area (Å²) in [6.45, 7) is 4.27. The minimum absolute atomic E-state index is 0. The summed E-state index contributed by atoms with van der Waals surface area (Å²) in [6, 6.07) is 7.66. The fourth-order valence-electron chi connectivity index (χ4n) is 2.41. The Hall–Kier alpha value is -0.770. The van der Waals surface area contributed by atoms with Crippen LogP contribution >= 0.6 is 24.0 Å². The molecule has 1 aliphatic heterocycles. The summed E-state index contributed by atoms with van der Waals surface area (Å²) in [5, 5.41) is 3.96. The third-order valence-electron chi connectivity index (χ3n) is 3.60. The van der Waals surface area contributed by atoms with Crippen LogP contribution in [0, 0.1) is 5.41 Å². The SMILES string of the molecule is CN(Cc1ccccc1Cl)C(=O)C1(C)CCNC1.Cl. The molecule has 0 saturated carbocycles. The van der Waals surface area contributed by atoms with Crippen molar-refractivity contribution in [2.75, 3.05) is 20.1 Å². The number of nitrogens with one attached hydrogen (secondary N) is 1. The van der Waals surface area contributed by atoms with Gasteiger partial charge in [-0.2, -0.15) is 0 Å². The van der Waals surface area contributed by atoms with Crippen LogP contribution in [0.3, 0.4) is 0 Å². The highest BCUT2D eigenvalue weighted by molar-refractivity contribution is 6.31. The molecule has 1 aliphatic rings. The van der Waals surface area contributed by atoms with Crippen LogP contribution < -0.4 is 5.32 Å². The van der Waals surface area contributed by atoms with E-state index < -0.39 is 0 Å². The number of nitrogens with zero attached hydrogens (tertiary/aromatic N) is 1. The van der Waals surface area contributed by atoms with Gasteiger partial charge in [-0.25, -0.2) is 0 Å². The van der Waals surface area contributed by atoms with Crippen molar-refractivity contribution in [3.63, 3.8) is 0 Å². The number of hydrogen-bond donors (Lipinski definition) is 1. The first-order valence-corrected chi connectivity index (χ1v) is 6.60. The van der Waals surface area contributed by atoms with Gasteiger partial charge in [0.1, 0.15) is 0 Å². The maximum atomic E-state index is 12.4. The second kappa shape index (κ2) is 6.60. The number of carbonyl (C=O) groups excluding carboxylic acids is 1. The summed E-state index contributed by atoms with van der Waals surface area (Å²) in [4.78, 5) is 14.2. The number of carbonyl (C=O) groups is 1. The molecule has 1 fully saturated rings. The van der Waals surface area contributed by atoms with Crippen molar-refractivity contribution in [3.8, 4) is 0 Å². The number of hydrogen-bond acceptors (Lipinski definition) is 2. The molecule has 1 aromatic carbocycles. The Labute approximate surface area is 125 Å². The van der Waals surface area contributed by atoms with Gasteiger partial charge in [-0.1, -0.05) is 29.8 Å². The predicted octanol–water partition coefficient (Wildman–Crippen LogP) is 2.72. The van der Waals surface area contributed by atoms with Crippen LogP contribution in [0.25, 0.3) is 0 Å². The summed E-state index contributed by atoms with van der Waals surface area (Å²) in [5.74, 6) is 0.187. The van der Waals surface area contributed by atoms with E-state index in [1.165, 1.54) is 0 Å². The minimum Gasteiger partial charge on any atom is -0.341 e. The van der Waals surface area contributed by atoms with Crippen molar-refractivity contribution >= 4 is 29.9 Å². The average Bonchev–Trinajstić information content (AvgIpc) is 2.79. The largest absolute Gasteiger partial charge is 0.341 e. The number of halogens is 2. The topological polar surface area (TPSA) is 32.3 Å². The summed E-state index contributed by atoms with van der Waals surface area (Å²) >= 11 is 6.12. The molecule has 1 N–H and O–H groups in total. The third kappa shape index (κ3) is 3.62. The maximum absolute atomic E-state index is 12.4. The molecule has 3 nitrogen and oxygen atoms in total. The zero-order valence-electron chi connectivity index (χ0n) is 11.3. The van der Waals surface area contributed by atoms with Crippen molar-refractivity contribution in [2.45, 2.75) is 19.9 Å². The highest BCUT2D eigenvalue weighted by Crippen LogP contribution is 2.28. The first-order valence-electron chi connectivity index (χ1n) is 6.23. The molecule has 2 rings (SSSR count). The molecule has 106 valence electrons. The Kier molecular flexibility index (Phi) is 5.65. The highest BCUT2D eigenvalue weighted by atomic mass is 35.5. The summed E-state index contributed by atoms with van der Waals surface area (Å²) in [6.07, 6.45) is 0.901. The molecule has 0 bridgehead atoms. The normalized spacial score (nSPS) is 21.8. The van der Waals surface area contributed by atoms with Crippen molar-refractivity contribution in [1.29, 1.82) is 0 Å². The molecule has 1 aromatic rings.